The molecule has 17 heavy (non-hydrogen) atoms. The summed E-state index contributed by atoms with van der Waals surface area (Å²) >= 11 is 7.93. The van der Waals surface area contributed by atoms with Gasteiger partial charge in [-0.3, -0.25) is 4.79 Å². The van der Waals surface area contributed by atoms with Crippen LogP contribution >= 0.6 is 34.2 Å². The summed E-state index contributed by atoms with van der Waals surface area (Å²) in [6.45, 7) is 1.76. The van der Waals surface area contributed by atoms with E-state index in [4.69, 9.17) is 16.1 Å². The lowest BCUT2D eigenvalue weighted by Gasteiger charge is -2.06. The average Bonchev–Trinajstić information content (AvgIpc) is 2.68. The van der Waals surface area contributed by atoms with Gasteiger partial charge >= 0.3 is 0 Å². The molecule has 0 saturated carbocycles. The van der Waals surface area contributed by atoms with Crippen molar-refractivity contribution in [2.75, 3.05) is 5.32 Å². The molecule has 0 saturated heterocycles. The molecule has 0 unspecified atom stereocenters. The normalized spacial score (nSPS) is 10.3. The molecule has 1 heterocycles. The lowest BCUT2D eigenvalue weighted by Crippen LogP contribution is -2.13. The van der Waals surface area contributed by atoms with Crippen LogP contribution < -0.4 is 5.32 Å². The van der Waals surface area contributed by atoms with Gasteiger partial charge in [0.1, 0.15) is 0 Å². The van der Waals surface area contributed by atoms with Crippen molar-refractivity contribution in [3.63, 3.8) is 0 Å². The Balaban J connectivity index is 2.22. The first-order chi connectivity index (χ1) is 8.08. The van der Waals surface area contributed by atoms with Crippen LogP contribution in [0.2, 0.25) is 5.02 Å². The third kappa shape index (κ3) is 2.78. The second-order valence-electron chi connectivity index (χ2n) is 3.42. The number of nitrogens with one attached hydrogen (secondary N) is 1. The van der Waals surface area contributed by atoms with Crippen LogP contribution in [0.4, 0.5) is 5.69 Å². The molecule has 2 aromatic rings. The van der Waals surface area contributed by atoms with Gasteiger partial charge in [-0.15, -0.1) is 0 Å². The minimum absolute atomic E-state index is 0.218. The van der Waals surface area contributed by atoms with Crippen molar-refractivity contribution in [1.82, 2.24) is 5.16 Å². The molecule has 0 fully saturated rings. The highest BCUT2D eigenvalue weighted by Gasteiger charge is 2.15. The van der Waals surface area contributed by atoms with Crippen LogP contribution in [0.15, 0.2) is 28.9 Å². The zero-order valence-corrected chi connectivity index (χ0v) is 11.7. The fourth-order valence-electron chi connectivity index (χ4n) is 1.28. The van der Waals surface area contributed by atoms with Crippen LogP contribution in [-0.4, -0.2) is 11.1 Å². The molecule has 1 aromatic carbocycles. The highest BCUT2D eigenvalue weighted by atomic mass is 127. The van der Waals surface area contributed by atoms with E-state index >= 15 is 0 Å². The van der Waals surface area contributed by atoms with Gasteiger partial charge in [0.05, 0.1) is 11.9 Å². The van der Waals surface area contributed by atoms with Crippen LogP contribution in [-0.2, 0) is 0 Å². The number of hydrogen-bond acceptors (Lipinski definition) is 3. The van der Waals surface area contributed by atoms with Gasteiger partial charge < -0.3 is 9.84 Å². The molecule has 6 heteroatoms. The van der Waals surface area contributed by atoms with Crippen LogP contribution in [0.25, 0.3) is 0 Å². The van der Waals surface area contributed by atoms with E-state index in [2.05, 4.69) is 33.1 Å². The molecule has 0 aliphatic rings. The standard InChI is InChI=1S/C11H8ClIN2O2/c1-6-5-14-17-10(6)11(16)15-9-3-2-7(12)4-8(9)13/h2-5H,1H3,(H,15,16). The molecular formula is C11H8ClIN2O2. The van der Waals surface area contributed by atoms with Gasteiger partial charge in [-0.2, -0.15) is 0 Å². The summed E-state index contributed by atoms with van der Waals surface area (Å²) in [4.78, 5) is 11.9. The van der Waals surface area contributed by atoms with E-state index in [1.807, 2.05) is 0 Å². The zero-order chi connectivity index (χ0) is 12.4. The number of anilines is 1. The highest BCUT2D eigenvalue weighted by Crippen LogP contribution is 2.23. The van der Waals surface area contributed by atoms with E-state index in [-0.39, 0.29) is 11.7 Å². The van der Waals surface area contributed by atoms with Crippen LogP contribution in [0, 0.1) is 10.5 Å². The number of amides is 1. The summed E-state index contributed by atoms with van der Waals surface area (Å²) in [5, 5.41) is 6.93. The zero-order valence-electron chi connectivity index (χ0n) is 8.83. The van der Waals surface area contributed by atoms with E-state index in [0.29, 0.717) is 16.3 Å². The van der Waals surface area contributed by atoms with Gasteiger partial charge in [0, 0.05) is 14.2 Å². The largest absolute Gasteiger partial charge is 0.351 e. The molecule has 88 valence electrons. The number of carbonyl (C=O) groups excluding carboxylic acids is 1. The van der Waals surface area contributed by atoms with Crippen LogP contribution in [0.3, 0.4) is 0 Å². The average molecular weight is 363 g/mol. The molecule has 4 nitrogen and oxygen atoms in total. The number of nitrogens with zero attached hydrogens (tertiary/aromatic N) is 1. The fourth-order valence-corrected chi connectivity index (χ4v) is 2.29. The Morgan fingerprint density at radius 1 is 1.53 bits per heavy atom. The maximum Gasteiger partial charge on any atom is 0.294 e. The lowest BCUT2D eigenvalue weighted by molar-refractivity contribution is 0.0987. The van der Waals surface area contributed by atoms with E-state index in [1.54, 1.807) is 25.1 Å². The predicted molar refractivity (Wildman–Crippen MR) is 73.4 cm³/mol. The summed E-state index contributed by atoms with van der Waals surface area (Å²) in [5.74, 6) is -0.101. The molecule has 1 N–H and O–H groups in total. The fraction of sp³-hybridized carbons (Fsp3) is 0.0909. The third-order valence-electron chi connectivity index (χ3n) is 2.13. The topological polar surface area (TPSA) is 55.1 Å². The molecule has 1 aromatic heterocycles. The van der Waals surface area contributed by atoms with Gasteiger partial charge in [-0.05, 0) is 47.7 Å². The van der Waals surface area contributed by atoms with E-state index in [9.17, 15) is 4.79 Å². The first kappa shape index (κ1) is 12.4. The van der Waals surface area contributed by atoms with Crippen molar-refractivity contribution in [1.29, 1.82) is 0 Å². The maximum absolute atomic E-state index is 11.9. The minimum atomic E-state index is -0.319. The number of aryl methyl sites for hydroxylation is 1. The van der Waals surface area contributed by atoms with Crippen molar-refractivity contribution in [2.45, 2.75) is 6.92 Å². The molecule has 2 rings (SSSR count). The van der Waals surface area contributed by atoms with Crippen LogP contribution in [0.5, 0.6) is 0 Å². The molecule has 0 spiro atoms. The summed E-state index contributed by atoms with van der Waals surface area (Å²) in [6, 6.07) is 5.23. The number of rotatable bonds is 2. The van der Waals surface area contributed by atoms with Crippen molar-refractivity contribution in [2.24, 2.45) is 0 Å². The first-order valence-corrected chi connectivity index (χ1v) is 6.21. The Morgan fingerprint density at radius 2 is 2.29 bits per heavy atom. The van der Waals surface area contributed by atoms with Gasteiger partial charge in [0.2, 0.25) is 5.76 Å². The molecule has 0 bridgehead atoms. The molecule has 1 amide bonds. The molecule has 0 atom stereocenters. The molecule has 0 aliphatic carbocycles. The Kier molecular flexibility index (Phi) is 3.68. The third-order valence-corrected chi connectivity index (χ3v) is 3.26. The maximum atomic E-state index is 11.9. The number of benzene rings is 1. The second kappa shape index (κ2) is 5.05. The highest BCUT2D eigenvalue weighted by molar-refractivity contribution is 14.1. The summed E-state index contributed by atoms with van der Waals surface area (Å²) in [7, 11) is 0. The second-order valence-corrected chi connectivity index (χ2v) is 5.01. The van der Waals surface area contributed by atoms with Crippen molar-refractivity contribution in [3.8, 4) is 0 Å². The Labute approximate surface area is 116 Å². The van der Waals surface area contributed by atoms with E-state index in [1.165, 1.54) is 6.20 Å². The van der Waals surface area contributed by atoms with Crippen molar-refractivity contribution >= 4 is 45.8 Å². The minimum Gasteiger partial charge on any atom is -0.351 e. The van der Waals surface area contributed by atoms with E-state index < -0.39 is 0 Å². The SMILES string of the molecule is Cc1cnoc1C(=O)Nc1ccc(Cl)cc1I. The molecule has 0 radical (unpaired) electrons. The Hall–Kier alpha value is -1.08. The Bertz CT molecular complexity index is 568. The van der Waals surface area contributed by atoms with Crippen LogP contribution in [0.1, 0.15) is 16.1 Å². The van der Waals surface area contributed by atoms with Gasteiger partial charge in [0.25, 0.3) is 5.91 Å². The quantitative estimate of drug-likeness (QED) is 0.832. The number of hydrogen-bond donors (Lipinski definition) is 1. The molecule has 0 aliphatic heterocycles. The van der Waals surface area contributed by atoms with Gasteiger partial charge in [-0.25, -0.2) is 0 Å². The first-order valence-electron chi connectivity index (χ1n) is 4.75. The van der Waals surface area contributed by atoms with Crippen molar-refractivity contribution in [3.05, 3.63) is 44.3 Å². The lowest BCUT2D eigenvalue weighted by atomic mass is 10.2. The summed E-state index contributed by atoms with van der Waals surface area (Å²) in [5.41, 5.74) is 1.39. The Morgan fingerprint density at radius 3 is 2.88 bits per heavy atom. The summed E-state index contributed by atoms with van der Waals surface area (Å²) in [6.07, 6.45) is 1.50. The monoisotopic (exact) mass is 362 g/mol. The van der Waals surface area contributed by atoms with Gasteiger partial charge in [-0.1, -0.05) is 16.8 Å². The van der Waals surface area contributed by atoms with Crippen molar-refractivity contribution < 1.29 is 9.32 Å². The summed E-state index contributed by atoms with van der Waals surface area (Å²) < 4.78 is 5.73. The predicted octanol–water partition coefficient (Wildman–Crippen LogP) is 3.49. The smallest absolute Gasteiger partial charge is 0.294 e. The number of aromatic nitrogens is 1. The molecular weight excluding hydrogens is 354 g/mol. The van der Waals surface area contributed by atoms with E-state index in [0.717, 1.165) is 3.57 Å². The number of carbonyl (C=O) groups is 1. The van der Waals surface area contributed by atoms with Gasteiger partial charge in [0.15, 0.2) is 0 Å². The number of halogens is 2.